The van der Waals surface area contributed by atoms with Crippen molar-refractivity contribution in [2.45, 2.75) is 92.0 Å². The lowest BCUT2D eigenvalue weighted by atomic mass is 10.0. The summed E-state index contributed by atoms with van der Waals surface area (Å²) < 4.78 is 70.3. The van der Waals surface area contributed by atoms with Crippen molar-refractivity contribution in [3.05, 3.63) is 24.2 Å². The van der Waals surface area contributed by atoms with Gasteiger partial charge in [0.1, 0.15) is 12.4 Å². The molecule has 2 saturated heterocycles. The van der Waals surface area contributed by atoms with E-state index in [-0.39, 0.29) is 51.2 Å². The number of piperidine rings is 1. The molecule has 2 saturated carbocycles. The predicted molar refractivity (Wildman–Crippen MR) is 132 cm³/mol. The van der Waals surface area contributed by atoms with Crippen LogP contribution in [0.15, 0.2) is 23.5 Å². The maximum absolute atomic E-state index is 12.9. The maximum atomic E-state index is 12.9. The first kappa shape index (κ1) is 24.8. The topological polar surface area (TPSA) is 138 Å². The molecule has 0 N–H and O–H groups in total. The third-order valence-corrected chi connectivity index (χ3v) is 12.2. The first-order valence-electron chi connectivity index (χ1n) is 12.7. The number of hydrogen-bond donors (Lipinski definition) is 0. The van der Waals surface area contributed by atoms with Crippen molar-refractivity contribution >= 4 is 19.9 Å². The summed E-state index contributed by atoms with van der Waals surface area (Å²) in [6.07, 6.45) is 6.80. The Kier molecular flexibility index (Phi) is 6.07. The summed E-state index contributed by atoms with van der Waals surface area (Å²) in [5.41, 5.74) is 0.408. The number of sulfone groups is 1. The van der Waals surface area contributed by atoms with Crippen molar-refractivity contribution in [3.8, 4) is 23.3 Å². The minimum Gasteiger partial charge on any atom is -0.487 e. The van der Waals surface area contributed by atoms with Gasteiger partial charge in [0.05, 0.1) is 23.3 Å². The van der Waals surface area contributed by atoms with Gasteiger partial charge >= 0.3 is 0 Å². The summed E-state index contributed by atoms with van der Waals surface area (Å²) in [5.74, 6) is 0.882. The van der Waals surface area contributed by atoms with Crippen molar-refractivity contribution in [2.24, 2.45) is 0 Å². The Morgan fingerprint density at radius 1 is 0.892 bits per heavy atom. The second kappa shape index (κ2) is 9.05. The molecule has 0 spiro atoms. The van der Waals surface area contributed by atoms with Crippen molar-refractivity contribution in [3.63, 3.8) is 0 Å². The van der Waals surface area contributed by atoms with Crippen LogP contribution in [0.3, 0.4) is 0 Å². The molecule has 37 heavy (non-hydrogen) atoms. The van der Waals surface area contributed by atoms with Crippen molar-refractivity contribution in [2.75, 3.05) is 7.11 Å². The Morgan fingerprint density at radius 2 is 1.54 bits per heavy atom. The smallest absolute Gasteiger partial charge is 0.269 e. The summed E-state index contributed by atoms with van der Waals surface area (Å²) in [6.45, 7) is 1.67. The molecule has 2 aromatic rings. The number of aromatic nitrogens is 3. The lowest BCUT2D eigenvalue weighted by Crippen LogP contribution is -2.50. The van der Waals surface area contributed by atoms with E-state index in [9.17, 15) is 16.8 Å². The molecule has 0 radical (unpaired) electrons. The molecule has 0 aromatic carbocycles. The van der Waals surface area contributed by atoms with Gasteiger partial charge in [0.2, 0.25) is 15.8 Å². The van der Waals surface area contributed by atoms with Crippen LogP contribution < -0.4 is 14.2 Å². The van der Waals surface area contributed by atoms with E-state index < -0.39 is 19.9 Å². The van der Waals surface area contributed by atoms with Crippen LogP contribution in [-0.4, -0.2) is 71.9 Å². The quantitative estimate of drug-likeness (QED) is 0.458. The highest BCUT2D eigenvalue weighted by molar-refractivity contribution is 7.92. The number of fused-ring (bicyclic) bond motifs is 2. The first-order valence-corrected chi connectivity index (χ1v) is 15.7. The van der Waals surface area contributed by atoms with Crippen LogP contribution in [0.1, 0.15) is 57.1 Å². The van der Waals surface area contributed by atoms with Gasteiger partial charge in [-0.25, -0.2) is 21.8 Å². The molecular weight excluding hydrogens is 520 g/mol. The fourth-order valence-electron chi connectivity index (χ4n) is 5.41. The van der Waals surface area contributed by atoms with E-state index in [1.807, 2.05) is 0 Å². The Balaban J connectivity index is 1.19. The molecule has 13 heteroatoms. The van der Waals surface area contributed by atoms with E-state index in [4.69, 9.17) is 14.2 Å². The van der Waals surface area contributed by atoms with Gasteiger partial charge in [0.25, 0.3) is 11.8 Å². The molecular formula is C24H30N4O7S2. The van der Waals surface area contributed by atoms with Gasteiger partial charge in [-0.15, -0.1) is 0 Å². The first-order chi connectivity index (χ1) is 17.7. The van der Waals surface area contributed by atoms with Crippen molar-refractivity contribution < 1.29 is 31.0 Å². The number of nitrogens with zero attached hydrogens (tertiary/aromatic N) is 4. The summed E-state index contributed by atoms with van der Waals surface area (Å²) in [4.78, 5) is 12.7. The summed E-state index contributed by atoms with van der Waals surface area (Å²) >= 11 is 0. The van der Waals surface area contributed by atoms with Gasteiger partial charge < -0.3 is 14.2 Å². The molecule has 4 fully saturated rings. The Hall–Kier alpha value is -2.51. The second-order valence-corrected chi connectivity index (χ2v) is 14.6. The summed E-state index contributed by atoms with van der Waals surface area (Å²) in [5, 5.41) is -0.512. The minimum absolute atomic E-state index is 0.0446. The van der Waals surface area contributed by atoms with Gasteiger partial charge in [-0.05, 0) is 57.6 Å². The Bertz CT molecular complexity index is 1410. The molecule has 200 valence electrons. The normalized spacial score (nSPS) is 26.2. The molecule has 4 heterocycles. The van der Waals surface area contributed by atoms with Gasteiger partial charge in [0.15, 0.2) is 20.6 Å². The lowest BCUT2D eigenvalue weighted by molar-refractivity contribution is 0.0881. The molecule has 2 aromatic heterocycles. The fraction of sp³-hybridized carbons (Fsp3) is 0.625. The highest BCUT2D eigenvalue weighted by atomic mass is 32.2. The average molecular weight is 551 g/mol. The molecule has 11 nitrogen and oxygen atoms in total. The molecule has 0 amide bonds. The largest absolute Gasteiger partial charge is 0.487 e. The monoisotopic (exact) mass is 550 g/mol. The molecule has 2 aliphatic carbocycles. The summed E-state index contributed by atoms with van der Waals surface area (Å²) in [6, 6.07) is 2.89. The standard InChI is InChI=1S/C24H30N4O7S2/c1-14-20(9-10-21(27-14)36(29,30)18-5-6-18)35-24-22(33-2)23(25-13-26-24)34-17-11-15-3-4-16(12-17)28(15)37(31,32)19-7-8-19/h9-10,13,15-19H,3-8,11-12H2,1-2H3/t15-,16?,17?/m0/s1. The van der Waals surface area contributed by atoms with Crippen LogP contribution in [-0.2, 0) is 19.9 Å². The molecule has 2 aliphatic heterocycles. The second-order valence-electron chi connectivity index (χ2n) is 10.3. The molecule has 3 atom stereocenters. The zero-order chi connectivity index (χ0) is 25.9. The molecule has 6 rings (SSSR count). The van der Waals surface area contributed by atoms with Crippen LogP contribution >= 0.6 is 0 Å². The van der Waals surface area contributed by atoms with Gasteiger partial charge in [-0.1, -0.05) is 0 Å². The van der Waals surface area contributed by atoms with Crippen molar-refractivity contribution in [1.29, 1.82) is 0 Å². The average Bonchev–Trinajstić information content (AvgIpc) is 3.76. The van der Waals surface area contributed by atoms with E-state index in [1.54, 1.807) is 17.3 Å². The predicted octanol–water partition coefficient (Wildman–Crippen LogP) is 2.78. The van der Waals surface area contributed by atoms with Crippen LogP contribution in [0, 0.1) is 6.92 Å². The minimum atomic E-state index is -3.41. The van der Waals surface area contributed by atoms with Gasteiger partial charge in [-0.3, -0.25) is 0 Å². The van der Waals surface area contributed by atoms with Crippen LogP contribution in [0.2, 0.25) is 0 Å². The van der Waals surface area contributed by atoms with E-state index in [1.165, 1.54) is 19.5 Å². The van der Waals surface area contributed by atoms with E-state index in [0.29, 0.717) is 37.1 Å². The molecule has 2 bridgehead atoms. The van der Waals surface area contributed by atoms with E-state index in [2.05, 4.69) is 15.0 Å². The zero-order valence-corrected chi connectivity index (χ0v) is 22.4. The van der Waals surface area contributed by atoms with E-state index >= 15 is 0 Å². The maximum Gasteiger partial charge on any atom is 0.269 e. The highest BCUT2D eigenvalue weighted by Gasteiger charge is 2.52. The van der Waals surface area contributed by atoms with Crippen LogP contribution in [0.4, 0.5) is 0 Å². The molecule has 2 unspecified atom stereocenters. The number of hydrogen-bond acceptors (Lipinski definition) is 10. The van der Waals surface area contributed by atoms with Gasteiger partial charge in [-0.2, -0.15) is 14.3 Å². The number of sulfonamides is 1. The summed E-state index contributed by atoms with van der Waals surface area (Å²) in [7, 11) is -5.18. The van der Waals surface area contributed by atoms with Crippen LogP contribution in [0.25, 0.3) is 0 Å². The van der Waals surface area contributed by atoms with E-state index in [0.717, 1.165) is 25.7 Å². The number of pyridine rings is 1. The number of rotatable bonds is 9. The third kappa shape index (κ3) is 4.54. The highest BCUT2D eigenvalue weighted by Crippen LogP contribution is 2.45. The SMILES string of the molecule is COc1c(Oc2ccc(S(=O)(=O)C3CC3)nc2C)ncnc1OC1CC2CC[C@@H](C1)N2S(=O)(=O)C1CC1. The Morgan fingerprint density at radius 3 is 2.14 bits per heavy atom. The van der Waals surface area contributed by atoms with Gasteiger partial charge in [0, 0.05) is 24.9 Å². The molecule has 4 aliphatic rings. The van der Waals surface area contributed by atoms with Crippen LogP contribution in [0.5, 0.6) is 23.3 Å². The number of aryl methyl sites for hydroxylation is 1. The third-order valence-electron chi connectivity index (χ3n) is 7.56. The zero-order valence-electron chi connectivity index (χ0n) is 20.7. The lowest BCUT2D eigenvalue weighted by Gasteiger charge is -2.37. The Labute approximate surface area is 216 Å². The number of methoxy groups -OCH3 is 1. The fourth-order valence-corrected chi connectivity index (χ4v) is 9.32. The number of ether oxygens (including phenoxy) is 3. The van der Waals surface area contributed by atoms with Crippen molar-refractivity contribution in [1.82, 2.24) is 19.3 Å².